The lowest BCUT2D eigenvalue weighted by molar-refractivity contribution is -0.131. The van der Waals surface area contributed by atoms with Crippen LogP contribution in [0.25, 0.3) is 0 Å². The maximum absolute atomic E-state index is 11.6. The summed E-state index contributed by atoms with van der Waals surface area (Å²) < 4.78 is 0. The zero-order valence-corrected chi connectivity index (χ0v) is 7.44. The molecule has 5 aliphatic heterocycles. The van der Waals surface area contributed by atoms with Crippen molar-refractivity contribution in [2.24, 2.45) is 11.8 Å². The van der Waals surface area contributed by atoms with Crippen molar-refractivity contribution in [3.63, 3.8) is 0 Å². The Bertz CT molecular complexity index is 336. The van der Waals surface area contributed by atoms with Gasteiger partial charge in [-0.15, -0.1) is 0 Å². The first-order chi connectivity index (χ1) is 6.75. The van der Waals surface area contributed by atoms with Crippen molar-refractivity contribution < 1.29 is 9.59 Å². The summed E-state index contributed by atoms with van der Waals surface area (Å²) >= 11 is 0. The number of hydrogen-bond acceptors (Lipinski definition) is 2. The lowest BCUT2D eigenvalue weighted by Gasteiger charge is -2.38. The second kappa shape index (κ2) is 2.47. The summed E-state index contributed by atoms with van der Waals surface area (Å²) in [5, 5.41) is 5.68. The maximum atomic E-state index is 11.6. The third-order valence-corrected chi connectivity index (χ3v) is 3.05. The Morgan fingerprint density at radius 3 is 1.57 bits per heavy atom. The van der Waals surface area contributed by atoms with Gasteiger partial charge in [-0.25, -0.2) is 0 Å². The maximum Gasteiger partial charge on any atom is 0.229 e. The molecular weight excluding hydrogens is 180 g/mol. The molecule has 0 saturated carbocycles. The van der Waals surface area contributed by atoms with Crippen molar-refractivity contribution in [1.82, 2.24) is 10.6 Å². The number of carbonyl (C=O) groups excluding carboxylic acids is 2. The first-order valence-corrected chi connectivity index (χ1v) is 4.73. The molecule has 0 unspecified atom stereocenters. The fraction of sp³-hybridized carbons (Fsp3) is 0.400. The van der Waals surface area contributed by atoms with Gasteiger partial charge in [0.25, 0.3) is 0 Å². The number of nitrogens with one attached hydrogen (secondary N) is 2. The van der Waals surface area contributed by atoms with Gasteiger partial charge in [0.05, 0.1) is 23.9 Å². The smallest absolute Gasteiger partial charge is 0.229 e. The number of amides is 2. The molecule has 72 valence electrons. The van der Waals surface area contributed by atoms with Crippen molar-refractivity contribution in [2.45, 2.75) is 12.1 Å². The van der Waals surface area contributed by atoms with E-state index in [0.29, 0.717) is 0 Å². The largest absolute Gasteiger partial charge is 0.348 e. The summed E-state index contributed by atoms with van der Waals surface area (Å²) in [6, 6.07) is -0.340. The molecule has 0 aromatic heterocycles. The Morgan fingerprint density at radius 2 is 1.21 bits per heavy atom. The molecule has 4 heteroatoms. The van der Waals surface area contributed by atoms with Crippen molar-refractivity contribution in [2.75, 3.05) is 0 Å². The minimum absolute atomic E-state index is 0.0110. The van der Waals surface area contributed by atoms with E-state index in [1.165, 1.54) is 0 Å². The molecule has 0 radical (unpaired) electrons. The van der Waals surface area contributed by atoms with Gasteiger partial charge in [-0.1, -0.05) is 24.3 Å². The molecule has 0 spiro atoms. The van der Waals surface area contributed by atoms with E-state index in [2.05, 4.69) is 10.6 Å². The second-order valence-electron chi connectivity index (χ2n) is 3.89. The Hall–Kier alpha value is -1.58. The summed E-state index contributed by atoms with van der Waals surface area (Å²) in [5.41, 5.74) is 0. The normalized spacial score (nSPS) is 43.1. The molecule has 0 aromatic rings. The van der Waals surface area contributed by atoms with E-state index in [9.17, 15) is 9.59 Å². The van der Waals surface area contributed by atoms with Gasteiger partial charge in [-0.3, -0.25) is 9.59 Å². The van der Waals surface area contributed by atoms with E-state index in [-0.39, 0.29) is 35.7 Å². The van der Waals surface area contributed by atoms with E-state index in [0.717, 1.165) is 0 Å². The van der Waals surface area contributed by atoms with Crippen LogP contribution in [0, 0.1) is 11.8 Å². The van der Waals surface area contributed by atoms with E-state index in [1.54, 1.807) is 0 Å². The van der Waals surface area contributed by atoms with E-state index in [1.807, 2.05) is 24.3 Å². The predicted molar refractivity (Wildman–Crippen MR) is 49.1 cm³/mol. The molecule has 4 nitrogen and oxygen atoms in total. The number of hydrogen-bond donors (Lipinski definition) is 2. The SMILES string of the molecule is O=C1N[C@H]2C=C[C@@H]1[C@@H]1C=C[C@H]2C(=O)N1. The number of carbonyl (C=O) groups is 2. The molecule has 2 N–H and O–H groups in total. The zero-order chi connectivity index (χ0) is 9.71. The molecule has 1 aliphatic carbocycles. The van der Waals surface area contributed by atoms with E-state index >= 15 is 0 Å². The fourth-order valence-electron chi connectivity index (χ4n) is 2.26. The Morgan fingerprint density at radius 1 is 0.786 bits per heavy atom. The number of rotatable bonds is 0. The standard InChI is InChI=1S/C10H10N2O2/c13-9-5-1-3-7(11-9)6-2-4-8(5)12-10(6)14/h1-8H,(H,11,13)(H,12,14)/t5-,6-,7+,8+/m1/s1. The third kappa shape index (κ3) is 0.880. The summed E-state index contributed by atoms with van der Waals surface area (Å²) in [6.07, 6.45) is 7.63. The summed E-state index contributed by atoms with van der Waals surface area (Å²) in [5.74, 6) is -0.464. The van der Waals surface area contributed by atoms with Crippen molar-refractivity contribution in [1.29, 1.82) is 0 Å². The molecule has 1 saturated heterocycles. The van der Waals surface area contributed by atoms with Gasteiger partial charge in [-0.2, -0.15) is 0 Å². The van der Waals surface area contributed by atoms with Gasteiger partial charge in [-0.05, 0) is 0 Å². The van der Waals surface area contributed by atoms with E-state index in [4.69, 9.17) is 0 Å². The zero-order valence-electron chi connectivity index (χ0n) is 7.44. The Kier molecular flexibility index (Phi) is 1.37. The van der Waals surface area contributed by atoms with Crippen LogP contribution in [0.1, 0.15) is 0 Å². The highest BCUT2D eigenvalue weighted by molar-refractivity contribution is 5.91. The van der Waals surface area contributed by atoms with Gasteiger partial charge in [0.1, 0.15) is 0 Å². The van der Waals surface area contributed by atoms with Gasteiger partial charge in [0, 0.05) is 0 Å². The van der Waals surface area contributed by atoms with Crippen molar-refractivity contribution in [3.8, 4) is 0 Å². The monoisotopic (exact) mass is 190 g/mol. The van der Waals surface area contributed by atoms with Gasteiger partial charge >= 0.3 is 0 Å². The van der Waals surface area contributed by atoms with E-state index < -0.39 is 0 Å². The quantitative estimate of drug-likeness (QED) is 0.498. The average molecular weight is 190 g/mol. The molecule has 6 aliphatic rings. The highest BCUT2D eigenvalue weighted by Gasteiger charge is 2.41. The summed E-state index contributed by atoms with van der Waals surface area (Å²) in [6.45, 7) is 0. The third-order valence-electron chi connectivity index (χ3n) is 3.05. The van der Waals surface area contributed by atoms with Crippen LogP contribution in [0.15, 0.2) is 24.3 Å². The first-order valence-electron chi connectivity index (χ1n) is 4.73. The van der Waals surface area contributed by atoms with Crippen LogP contribution in [0.3, 0.4) is 0 Å². The van der Waals surface area contributed by atoms with Gasteiger partial charge < -0.3 is 10.6 Å². The Balaban J connectivity index is 2.12. The van der Waals surface area contributed by atoms with Crippen molar-refractivity contribution in [3.05, 3.63) is 24.3 Å². The van der Waals surface area contributed by atoms with Gasteiger partial charge in [0.2, 0.25) is 11.8 Å². The molecule has 4 atom stereocenters. The highest BCUT2D eigenvalue weighted by Crippen LogP contribution is 2.26. The fourth-order valence-corrected chi connectivity index (χ4v) is 2.26. The lowest BCUT2D eigenvalue weighted by atomic mass is 9.81. The van der Waals surface area contributed by atoms with Crippen LogP contribution in [-0.4, -0.2) is 23.9 Å². The molecule has 14 heavy (non-hydrogen) atoms. The van der Waals surface area contributed by atoms with Crippen LogP contribution in [0.2, 0.25) is 0 Å². The predicted octanol–water partition coefficient (Wildman–Crippen LogP) is -0.658. The molecular formula is C10H10N2O2. The van der Waals surface area contributed by atoms with Crippen LogP contribution in [0.5, 0.6) is 0 Å². The van der Waals surface area contributed by atoms with Crippen LogP contribution >= 0.6 is 0 Å². The lowest BCUT2D eigenvalue weighted by Crippen LogP contribution is -2.60. The molecule has 6 rings (SSSR count). The Labute approximate surface area is 81.0 Å². The summed E-state index contributed by atoms with van der Waals surface area (Å²) in [7, 11) is 0. The minimum Gasteiger partial charge on any atom is -0.348 e. The molecule has 0 aromatic carbocycles. The molecule has 5 heterocycles. The molecule has 1 fully saturated rings. The van der Waals surface area contributed by atoms with Gasteiger partial charge in [0.15, 0.2) is 0 Å². The highest BCUT2D eigenvalue weighted by atomic mass is 16.2. The van der Waals surface area contributed by atoms with Crippen LogP contribution < -0.4 is 10.6 Å². The van der Waals surface area contributed by atoms with Crippen molar-refractivity contribution >= 4 is 11.8 Å². The minimum atomic E-state index is -0.243. The molecule has 4 bridgehead atoms. The van der Waals surface area contributed by atoms with Crippen LogP contribution in [-0.2, 0) is 9.59 Å². The van der Waals surface area contributed by atoms with Crippen LogP contribution in [0.4, 0.5) is 0 Å². The molecule has 2 amide bonds. The average Bonchev–Trinajstić information content (AvgIpc) is 2.13. The topological polar surface area (TPSA) is 58.2 Å². The second-order valence-corrected chi connectivity index (χ2v) is 3.89. The summed E-state index contributed by atoms with van der Waals surface area (Å²) in [4.78, 5) is 23.2. The first kappa shape index (κ1) is 7.79.